The largest absolute Gasteiger partial charge is 0.454 e. The van der Waals surface area contributed by atoms with E-state index in [2.05, 4.69) is 217 Å². The van der Waals surface area contributed by atoms with Crippen LogP contribution in [0.5, 0.6) is 0 Å². The lowest BCUT2D eigenvalue weighted by Gasteiger charge is -2.13. The molecule has 3 aromatic heterocycles. The van der Waals surface area contributed by atoms with Gasteiger partial charge in [-0.25, -0.2) is 15.0 Å². The lowest BCUT2D eigenvalue weighted by molar-refractivity contribution is 0.666. The molecule has 0 amide bonds. The first kappa shape index (κ1) is 36.5. The van der Waals surface area contributed by atoms with E-state index in [1.165, 1.54) is 32.3 Å². The molecule has 11 aromatic carbocycles. The molecule has 0 radical (unpaired) electrons. The smallest absolute Gasteiger partial charge is 0.164 e. The average molecular weight is 841 g/mol. The molecular weight excluding hydrogens is 805 g/mol. The van der Waals surface area contributed by atoms with Crippen molar-refractivity contribution < 1.29 is 4.42 Å². The van der Waals surface area contributed by atoms with Crippen LogP contribution in [-0.2, 0) is 0 Å². The van der Waals surface area contributed by atoms with Crippen LogP contribution in [0, 0.1) is 0 Å². The van der Waals surface area contributed by atoms with Crippen LogP contribution in [0.3, 0.4) is 0 Å². The summed E-state index contributed by atoms with van der Waals surface area (Å²) in [6.45, 7) is 0. The zero-order valence-electron chi connectivity index (χ0n) is 35.5. The molecule has 0 aliphatic heterocycles. The quantitative estimate of drug-likeness (QED) is 0.173. The zero-order chi connectivity index (χ0) is 43.3. The fourth-order valence-corrected chi connectivity index (χ4v) is 10.1. The van der Waals surface area contributed by atoms with Gasteiger partial charge in [-0.2, -0.15) is 0 Å². The highest BCUT2D eigenvalue weighted by Crippen LogP contribution is 2.44. The Hall–Kier alpha value is -8.93. The summed E-state index contributed by atoms with van der Waals surface area (Å²) in [5, 5.41) is 13.7. The first-order valence-electron chi connectivity index (χ1n) is 22.3. The van der Waals surface area contributed by atoms with Crippen LogP contribution >= 0.6 is 0 Å². The summed E-state index contributed by atoms with van der Waals surface area (Å²) in [5.74, 6) is 1.77. The van der Waals surface area contributed by atoms with Gasteiger partial charge in [-0.05, 0) is 109 Å². The Morgan fingerprint density at radius 3 is 1.50 bits per heavy atom. The minimum atomic E-state index is 0.572. The Labute approximate surface area is 378 Å². The van der Waals surface area contributed by atoms with Gasteiger partial charge in [-0.3, -0.25) is 0 Å². The Morgan fingerprint density at radius 1 is 0.303 bits per heavy atom. The molecule has 0 saturated heterocycles. The number of nitrogens with zero attached hydrogens (tertiary/aromatic N) is 4. The fraction of sp³-hybridized carbons (Fsp3) is 0. The van der Waals surface area contributed by atoms with Crippen molar-refractivity contribution in [3.8, 4) is 51.0 Å². The van der Waals surface area contributed by atoms with Gasteiger partial charge in [0.1, 0.15) is 5.58 Å². The van der Waals surface area contributed by atoms with E-state index in [0.29, 0.717) is 17.5 Å². The summed E-state index contributed by atoms with van der Waals surface area (Å²) in [7, 11) is 0. The van der Waals surface area contributed by atoms with E-state index >= 15 is 0 Å². The molecule has 0 unspecified atom stereocenters. The first-order chi connectivity index (χ1) is 32.7. The Balaban J connectivity index is 1.10. The summed E-state index contributed by atoms with van der Waals surface area (Å²) < 4.78 is 9.49. The third-order valence-corrected chi connectivity index (χ3v) is 13.3. The predicted octanol–water partition coefficient (Wildman–Crippen LogP) is 16.1. The molecule has 5 nitrogen and oxygen atoms in total. The molecule has 14 rings (SSSR count). The molecule has 5 heteroatoms. The van der Waals surface area contributed by atoms with Crippen LogP contribution in [0.4, 0.5) is 0 Å². The normalized spacial score (nSPS) is 11.9. The van der Waals surface area contributed by atoms with Gasteiger partial charge >= 0.3 is 0 Å². The highest BCUT2D eigenvalue weighted by atomic mass is 16.3. The number of aromatic nitrogens is 4. The first-order valence-corrected chi connectivity index (χ1v) is 22.3. The van der Waals surface area contributed by atoms with Crippen molar-refractivity contribution in [3.05, 3.63) is 218 Å². The Kier molecular flexibility index (Phi) is 7.91. The van der Waals surface area contributed by atoms with Gasteiger partial charge in [0.2, 0.25) is 0 Å². The van der Waals surface area contributed by atoms with E-state index in [0.717, 1.165) is 88.0 Å². The van der Waals surface area contributed by atoms with E-state index in [1.54, 1.807) is 0 Å². The van der Waals surface area contributed by atoms with E-state index < -0.39 is 0 Å². The molecule has 0 aliphatic rings. The highest BCUT2D eigenvalue weighted by molar-refractivity contribution is 6.22. The third-order valence-electron chi connectivity index (χ3n) is 13.3. The summed E-state index contributed by atoms with van der Waals surface area (Å²) in [6.07, 6.45) is 0. The van der Waals surface area contributed by atoms with Crippen LogP contribution in [-0.4, -0.2) is 19.5 Å². The maximum Gasteiger partial charge on any atom is 0.164 e. The van der Waals surface area contributed by atoms with Gasteiger partial charge in [0, 0.05) is 38.2 Å². The van der Waals surface area contributed by atoms with E-state index in [1.807, 2.05) is 6.07 Å². The Bertz CT molecular complexity index is 4200. The van der Waals surface area contributed by atoms with E-state index in [9.17, 15) is 0 Å². The molecule has 0 N–H and O–H groups in total. The van der Waals surface area contributed by atoms with Crippen molar-refractivity contribution in [2.75, 3.05) is 0 Å². The predicted molar refractivity (Wildman–Crippen MR) is 273 cm³/mol. The minimum Gasteiger partial charge on any atom is -0.454 e. The number of rotatable bonds is 5. The second-order valence-corrected chi connectivity index (χ2v) is 17.2. The highest BCUT2D eigenvalue weighted by Gasteiger charge is 2.23. The molecule has 0 bridgehead atoms. The maximum atomic E-state index is 7.09. The van der Waals surface area contributed by atoms with Crippen molar-refractivity contribution in [2.24, 2.45) is 0 Å². The molecule has 306 valence electrons. The zero-order valence-corrected chi connectivity index (χ0v) is 35.5. The van der Waals surface area contributed by atoms with Gasteiger partial charge in [-0.15, -0.1) is 0 Å². The molecule has 0 spiro atoms. The van der Waals surface area contributed by atoms with Crippen molar-refractivity contribution in [2.45, 2.75) is 0 Å². The van der Waals surface area contributed by atoms with Crippen LogP contribution in [0.2, 0.25) is 0 Å². The minimum absolute atomic E-state index is 0.572. The van der Waals surface area contributed by atoms with Crippen molar-refractivity contribution in [1.29, 1.82) is 0 Å². The maximum absolute atomic E-state index is 7.09. The number of benzene rings is 11. The van der Waals surface area contributed by atoms with E-state index in [-0.39, 0.29) is 0 Å². The molecule has 3 heterocycles. The van der Waals surface area contributed by atoms with Crippen molar-refractivity contribution >= 4 is 86.8 Å². The van der Waals surface area contributed by atoms with Crippen LogP contribution in [0.1, 0.15) is 0 Å². The molecule has 14 aromatic rings. The van der Waals surface area contributed by atoms with Gasteiger partial charge in [0.25, 0.3) is 0 Å². The average Bonchev–Trinajstić information content (AvgIpc) is 3.92. The van der Waals surface area contributed by atoms with Gasteiger partial charge in [0.05, 0.1) is 16.7 Å². The van der Waals surface area contributed by atoms with Crippen LogP contribution in [0.25, 0.3) is 138 Å². The second-order valence-electron chi connectivity index (χ2n) is 17.2. The van der Waals surface area contributed by atoms with E-state index in [4.69, 9.17) is 19.4 Å². The SMILES string of the molecule is c1ccc(-c2cccc(-c3nc(-c4ccc5ccccc5c4)nc(-c4cc(-n5c6cc7ccccc7cc6c6cc7ccccc7cc65)c5oc6ccc7ccccc7c6c5c4)n3)c2)cc1. The summed E-state index contributed by atoms with van der Waals surface area (Å²) >= 11 is 0. The monoisotopic (exact) mass is 840 g/mol. The van der Waals surface area contributed by atoms with Gasteiger partial charge in [-0.1, -0.05) is 164 Å². The van der Waals surface area contributed by atoms with Crippen LogP contribution < -0.4 is 0 Å². The number of hydrogen-bond donors (Lipinski definition) is 0. The molecule has 0 atom stereocenters. The lowest BCUT2D eigenvalue weighted by Crippen LogP contribution is -2.02. The van der Waals surface area contributed by atoms with Crippen LogP contribution in [0.15, 0.2) is 223 Å². The topological polar surface area (TPSA) is 56.7 Å². The fourth-order valence-electron chi connectivity index (χ4n) is 10.1. The van der Waals surface area contributed by atoms with Crippen molar-refractivity contribution in [3.63, 3.8) is 0 Å². The lowest BCUT2D eigenvalue weighted by atomic mass is 10.0. The number of fused-ring (bicyclic) bond motifs is 11. The molecule has 0 fully saturated rings. The number of hydrogen-bond acceptors (Lipinski definition) is 4. The van der Waals surface area contributed by atoms with Gasteiger partial charge < -0.3 is 8.98 Å². The Morgan fingerprint density at radius 2 is 0.818 bits per heavy atom. The summed E-state index contributed by atoms with van der Waals surface area (Å²) in [4.78, 5) is 16.0. The molecule has 66 heavy (non-hydrogen) atoms. The molecule has 0 saturated carbocycles. The second kappa shape index (κ2) is 14.3. The molecule has 0 aliphatic carbocycles. The van der Waals surface area contributed by atoms with Crippen molar-refractivity contribution in [1.82, 2.24) is 19.5 Å². The number of furan rings is 1. The molecular formula is C61H36N4O. The van der Waals surface area contributed by atoms with Gasteiger partial charge in [0.15, 0.2) is 23.1 Å². The third kappa shape index (κ3) is 5.77. The standard InChI is InChI=1S/C61H36N4O/c1-2-13-37(14-3-1)41-22-12-23-46(29-41)59-62-60(47-26-25-38-15-4-5-17-40(38)30-47)64-61(63-59)48-33-52-57-49-24-11-10-16-39(49)27-28-56(57)66-58(52)55(36-48)65-53-34-44-20-8-6-18-42(44)31-50(53)51-32-43-19-7-9-21-45(43)35-54(51)65/h1-36H. The summed E-state index contributed by atoms with van der Waals surface area (Å²) in [5.41, 5.74) is 9.61. The summed E-state index contributed by atoms with van der Waals surface area (Å²) in [6, 6.07) is 77.6.